The van der Waals surface area contributed by atoms with Crippen molar-refractivity contribution in [3.8, 4) is 0 Å². The van der Waals surface area contributed by atoms with Crippen molar-refractivity contribution in [2.45, 2.75) is 32.6 Å². The van der Waals surface area contributed by atoms with Gasteiger partial charge in [-0.05, 0) is 60.3 Å². The summed E-state index contributed by atoms with van der Waals surface area (Å²) in [6.07, 6.45) is 2.58. The van der Waals surface area contributed by atoms with Crippen LogP contribution in [0, 0.1) is 12.8 Å². The molecular formula is C12H18BrNS. The molecule has 84 valence electrons. The molecule has 1 fully saturated rings. The minimum absolute atomic E-state index is 0.784. The topological polar surface area (TPSA) is 12.0 Å². The Labute approximate surface area is 104 Å². The first kappa shape index (κ1) is 11.6. The minimum atomic E-state index is 0.784. The summed E-state index contributed by atoms with van der Waals surface area (Å²) in [5.41, 5.74) is 0. The summed E-state index contributed by atoms with van der Waals surface area (Å²) in [7, 11) is 0. The van der Waals surface area contributed by atoms with Crippen molar-refractivity contribution in [1.82, 2.24) is 5.32 Å². The van der Waals surface area contributed by atoms with Crippen LogP contribution in [0.15, 0.2) is 10.5 Å². The Hall–Kier alpha value is 0.140. The Kier molecular flexibility index (Phi) is 3.86. The van der Waals surface area contributed by atoms with Crippen molar-refractivity contribution >= 4 is 27.3 Å². The van der Waals surface area contributed by atoms with Gasteiger partial charge in [0.1, 0.15) is 0 Å². The monoisotopic (exact) mass is 287 g/mol. The van der Waals surface area contributed by atoms with Gasteiger partial charge in [0.15, 0.2) is 0 Å². The van der Waals surface area contributed by atoms with Crippen molar-refractivity contribution in [1.29, 1.82) is 0 Å². The molecule has 2 rings (SSSR count). The third-order valence-electron chi connectivity index (χ3n) is 3.37. The predicted molar refractivity (Wildman–Crippen MR) is 70.8 cm³/mol. The first-order chi connectivity index (χ1) is 7.22. The first-order valence-corrected chi connectivity index (χ1v) is 7.30. The molecule has 1 aliphatic rings. The maximum absolute atomic E-state index is 3.62. The van der Waals surface area contributed by atoms with Crippen LogP contribution in [0.4, 0.5) is 0 Å². The highest BCUT2D eigenvalue weighted by molar-refractivity contribution is 9.10. The molecule has 15 heavy (non-hydrogen) atoms. The Morgan fingerprint density at radius 3 is 3.00 bits per heavy atom. The van der Waals surface area contributed by atoms with Crippen molar-refractivity contribution in [3.63, 3.8) is 0 Å². The number of piperidine rings is 1. The average molecular weight is 288 g/mol. The fourth-order valence-corrected chi connectivity index (χ4v) is 4.18. The molecule has 1 N–H and O–H groups in total. The van der Waals surface area contributed by atoms with Gasteiger partial charge >= 0.3 is 0 Å². The highest BCUT2D eigenvalue weighted by atomic mass is 79.9. The van der Waals surface area contributed by atoms with E-state index in [0.29, 0.717) is 0 Å². The van der Waals surface area contributed by atoms with E-state index in [1.54, 1.807) is 4.88 Å². The van der Waals surface area contributed by atoms with Gasteiger partial charge in [0.2, 0.25) is 0 Å². The molecule has 0 amide bonds. The van der Waals surface area contributed by atoms with Gasteiger partial charge in [-0.25, -0.2) is 0 Å². The number of hydrogen-bond acceptors (Lipinski definition) is 2. The lowest BCUT2D eigenvalue weighted by Crippen LogP contribution is -2.34. The van der Waals surface area contributed by atoms with E-state index < -0.39 is 0 Å². The van der Waals surface area contributed by atoms with Crippen LogP contribution in [0.5, 0.6) is 0 Å². The summed E-state index contributed by atoms with van der Waals surface area (Å²) in [5, 5.41) is 3.50. The van der Waals surface area contributed by atoms with E-state index in [1.807, 2.05) is 11.3 Å². The van der Waals surface area contributed by atoms with Gasteiger partial charge in [0, 0.05) is 14.2 Å². The van der Waals surface area contributed by atoms with Crippen LogP contribution >= 0.6 is 27.3 Å². The van der Waals surface area contributed by atoms with E-state index in [1.165, 1.54) is 35.3 Å². The zero-order valence-electron chi connectivity index (χ0n) is 9.35. The van der Waals surface area contributed by atoms with Crippen molar-refractivity contribution < 1.29 is 0 Å². The molecule has 2 heterocycles. The molecule has 0 spiro atoms. The van der Waals surface area contributed by atoms with Gasteiger partial charge in [0.05, 0.1) is 0 Å². The van der Waals surface area contributed by atoms with Gasteiger partial charge in [-0.1, -0.05) is 13.3 Å². The van der Waals surface area contributed by atoms with Crippen molar-refractivity contribution in [3.05, 3.63) is 20.3 Å². The SMILES string of the molecule is CCC1CNCCC1c1cc(Br)c(C)s1. The second-order valence-electron chi connectivity index (χ2n) is 4.32. The van der Waals surface area contributed by atoms with Crippen LogP contribution in [0.2, 0.25) is 0 Å². The van der Waals surface area contributed by atoms with Crippen LogP contribution in [0.3, 0.4) is 0 Å². The zero-order chi connectivity index (χ0) is 10.8. The molecule has 1 aromatic rings. The van der Waals surface area contributed by atoms with Crippen LogP contribution < -0.4 is 5.32 Å². The summed E-state index contributed by atoms with van der Waals surface area (Å²) >= 11 is 5.58. The first-order valence-electron chi connectivity index (χ1n) is 5.69. The minimum Gasteiger partial charge on any atom is -0.316 e. The van der Waals surface area contributed by atoms with E-state index in [-0.39, 0.29) is 0 Å². The molecular weight excluding hydrogens is 270 g/mol. The highest BCUT2D eigenvalue weighted by Gasteiger charge is 2.26. The molecule has 0 saturated carbocycles. The molecule has 0 radical (unpaired) electrons. The highest BCUT2D eigenvalue weighted by Crippen LogP contribution is 2.39. The molecule has 1 nitrogen and oxygen atoms in total. The van der Waals surface area contributed by atoms with E-state index in [2.05, 4.69) is 41.2 Å². The third-order valence-corrected chi connectivity index (χ3v) is 5.64. The second-order valence-corrected chi connectivity index (χ2v) is 6.46. The number of thiophene rings is 1. The molecule has 1 aromatic heterocycles. The number of aryl methyl sites for hydroxylation is 1. The molecule has 3 heteroatoms. The summed E-state index contributed by atoms with van der Waals surface area (Å²) < 4.78 is 1.29. The van der Waals surface area contributed by atoms with Gasteiger partial charge in [-0.2, -0.15) is 0 Å². The lowest BCUT2D eigenvalue weighted by Gasteiger charge is -2.30. The maximum atomic E-state index is 3.62. The fourth-order valence-electron chi connectivity index (χ4n) is 2.39. The number of hydrogen-bond donors (Lipinski definition) is 1. The van der Waals surface area contributed by atoms with Crippen LogP contribution in [-0.4, -0.2) is 13.1 Å². The quantitative estimate of drug-likeness (QED) is 0.869. The number of halogens is 1. The van der Waals surface area contributed by atoms with Crippen molar-refractivity contribution in [2.75, 3.05) is 13.1 Å². The summed E-state index contributed by atoms with van der Waals surface area (Å²) in [6.45, 7) is 6.87. The van der Waals surface area contributed by atoms with Crippen LogP contribution in [0.1, 0.15) is 35.4 Å². The van der Waals surface area contributed by atoms with Crippen molar-refractivity contribution in [2.24, 2.45) is 5.92 Å². The Balaban J connectivity index is 2.20. The van der Waals surface area contributed by atoms with Crippen LogP contribution in [0.25, 0.3) is 0 Å². The smallest absolute Gasteiger partial charge is 0.0314 e. The molecule has 2 atom stereocenters. The lowest BCUT2D eigenvalue weighted by atomic mass is 9.84. The van der Waals surface area contributed by atoms with E-state index >= 15 is 0 Å². The molecule has 1 saturated heterocycles. The Bertz CT molecular complexity index is 315. The average Bonchev–Trinajstić information content (AvgIpc) is 2.59. The van der Waals surface area contributed by atoms with Gasteiger partial charge < -0.3 is 5.32 Å². The molecule has 0 aliphatic carbocycles. The number of nitrogens with one attached hydrogen (secondary N) is 1. The third kappa shape index (κ3) is 2.45. The van der Waals surface area contributed by atoms with E-state index in [9.17, 15) is 0 Å². The largest absolute Gasteiger partial charge is 0.316 e. The lowest BCUT2D eigenvalue weighted by molar-refractivity contribution is 0.321. The Morgan fingerprint density at radius 2 is 2.40 bits per heavy atom. The summed E-state index contributed by atoms with van der Waals surface area (Å²) in [4.78, 5) is 2.99. The predicted octanol–water partition coefficient (Wildman–Crippen LogP) is 3.92. The van der Waals surface area contributed by atoms with Gasteiger partial charge in [-0.3, -0.25) is 0 Å². The standard InChI is InChI=1S/C12H18BrNS/c1-3-9-7-14-5-4-10(9)12-6-11(13)8(2)15-12/h6,9-10,14H,3-5,7H2,1-2H3. The van der Waals surface area contributed by atoms with E-state index in [0.717, 1.165) is 11.8 Å². The zero-order valence-corrected chi connectivity index (χ0v) is 11.7. The maximum Gasteiger partial charge on any atom is 0.0314 e. The normalized spacial score (nSPS) is 26.9. The Morgan fingerprint density at radius 1 is 1.60 bits per heavy atom. The molecule has 0 bridgehead atoms. The van der Waals surface area contributed by atoms with Crippen LogP contribution in [-0.2, 0) is 0 Å². The fraction of sp³-hybridized carbons (Fsp3) is 0.667. The summed E-state index contributed by atoms with van der Waals surface area (Å²) in [5.74, 6) is 1.61. The van der Waals surface area contributed by atoms with E-state index in [4.69, 9.17) is 0 Å². The second kappa shape index (κ2) is 4.98. The van der Waals surface area contributed by atoms with Gasteiger partial charge in [0.25, 0.3) is 0 Å². The molecule has 2 unspecified atom stereocenters. The molecule has 1 aliphatic heterocycles. The number of rotatable bonds is 2. The van der Waals surface area contributed by atoms with Gasteiger partial charge in [-0.15, -0.1) is 11.3 Å². The summed E-state index contributed by atoms with van der Waals surface area (Å²) in [6, 6.07) is 2.33. The molecule has 0 aromatic carbocycles.